The van der Waals surface area contributed by atoms with Crippen LogP contribution in [0, 0.1) is 11.3 Å². The molecule has 25 heavy (non-hydrogen) atoms. The number of anilines is 1. The normalized spacial score (nSPS) is 9.76. The number of para-hydroxylation sites is 2. The summed E-state index contributed by atoms with van der Waals surface area (Å²) in [6.07, 6.45) is 0.364. The molecule has 0 saturated carbocycles. The highest BCUT2D eigenvalue weighted by molar-refractivity contribution is 6.04. The van der Waals surface area contributed by atoms with Crippen molar-refractivity contribution in [3.63, 3.8) is 0 Å². The van der Waals surface area contributed by atoms with Crippen LogP contribution in [0.15, 0.2) is 48.5 Å². The fraction of sp³-hybridized carbons (Fsp3) is 0.211. The molecule has 0 aliphatic heterocycles. The number of methoxy groups -OCH3 is 1. The number of nitrogens with zero attached hydrogens (tertiary/aromatic N) is 1. The van der Waals surface area contributed by atoms with E-state index in [4.69, 9.17) is 10.00 Å². The molecule has 0 fully saturated rings. The van der Waals surface area contributed by atoms with E-state index in [2.05, 4.69) is 10.6 Å². The van der Waals surface area contributed by atoms with Crippen molar-refractivity contribution in [2.45, 2.75) is 12.8 Å². The first-order valence-corrected chi connectivity index (χ1v) is 7.81. The van der Waals surface area contributed by atoms with Gasteiger partial charge in [0.15, 0.2) is 0 Å². The molecule has 128 valence electrons. The van der Waals surface area contributed by atoms with Crippen molar-refractivity contribution < 1.29 is 14.3 Å². The molecule has 0 unspecified atom stereocenters. The van der Waals surface area contributed by atoms with Crippen LogP contribution >= 0.6 is 0 Å². The lowest BCUT2D eigenvalue weighted by molar-refractivity contribution is -0.115. The van der Waals surface area contributed by atoms with E-state index >= 15 is 0 Å². The molecule has 0 aromatic heterocycles. The molecule has 2 aromatic rings. The van der Waals surface area contributed by atoms with E-state index < -0.39 is 5.91 Å². The fourth-order valence-electron chi connectivity index (χ4n) is 2.37. The maximum Gasteiger partial charge on any atom is 0.253 e. The quantitative estimate of drug-likeness (QED) is 0.812. The molecule has 2 N–H and O–H groups in total. The van der Waals surface area contributed by atoms with Gasteiger partial charge in [-0.15, -0.1) is 0 Å². The van der Waals surface area contributed by atoms with E-state index in [1.54, 1.807) is 37.4 Å². The summed E-state index contributed by atoms with van der Waals surface area (Å²) < 4.78 is 5.29. The summed E-state index contributed by atoms with van der Waals surface area (Å²) in [6, 6.07) is 16.1. The van der Waals surface area contributed by atoms with E-state index in [1.165, 1.54) is 0 Å². The number of carbonyl (C=O) groups excluding carboxylic acids is 2. The SMILES string of the molecule is COc1ccccc1CCNC(=O)c1ccccc1NC(=O)CC#N. The van der Waals surface area contributed by atoms with Crippen LogP contribution in [0.1, 0.15) is 22.3 Å². The first kappa shape index (κ1) is 18.0. The zero-order chi connectivity index (χ0) is 18.1. The zero-order valence-corrected chi connectivity index (χ0v) is 13.9. The zero-order valence-electron chi connectivity index (χ0n) is 13.9. The Kier molecular flexibility index (Phi) is 6.55. The smallest absolute Gasteiger partial charge is 0.253 e. The van der Waals surface area contributed by atoms with Gasteiger partial charge in [-0.25, -0.2) is 0 Å². The van der Waals surface area contributed by atoms with Gasteiger partial charge in [-0.3, -0.25) is 9.59 Å². The molecule has 2 aromatic carbocycles. The Bertz CT molecular complexity index is 796. The molecule has 0 bridgehead atoms. The average Bonchev–Trinajstić information content (AvgIpc) is 2.62. The minimum absolute atomic E-state index is 0.260. The second kappa shape index (κ2) is 9.08. The predicted octanol–water partition coefficient (Wildman–Crippen LogP) is 2.52. The Hall–Kier alpha value is -3.33. The van der Waals surface area contributed by atoms with E-state index in [1.807, 2.05) is 24.3 Å². The van der Waals surface area contributed by atoms with Crippen molar-refractivity contribution >= 4 is 17.5 Å². The number of carbonyl (C=O) groups is 2. The highest BCUT2D eigenvalue weighted by Gasteiger charge is 2.13. The lowest BCUT2D eigenvalue weighted by atomic mass is 10.1. The van der Waals surface area contributed by atoms with Gasteiger partial charge in [0.1, 0.15) is 12.2 Å². The molecule has 6 nitrogen and oxygen atoms in total. The topological polar surface area (TPSA) is 91.2 Å². The maximum atomic E-state index is 12.4. The highest BCUT2D eigenvalue weighted by atomic mass is 16.5. The van der Waals surface area contributed by atoms with Gasteiger partial charge in [0, 0.05) is 6.54 Å². The lowest BCUT2D eigenvalue weighted by Gasteiger charge is -2.12. The number of hydrogen-bond acceptors (Lipinski definition) is 4. The van der Waals surface area contributed by atoms with Crippen LogP contribution in [0.25, 0.3) is 0 Å². The molecular formula is C19H19N3O3. The molecule has 0 heterocycles. The van der Waals surface area contributed by atoms with E-state index in [0.717, 1.165) is 11.3 Å². The molecule has 0 saturated heterocycles. The summed E-state index contributed by atoms with van der Waals surface area (Å²) in [4.78, 5) is 24.0. The molecule has 0 spiro atoms. The van der Waals surface area contributed by atoms with Gasteiger partial charge in [-0.2, -0.15) is 5.26 Å². The van der Waals surface area contributed by atoms with Crippen LogP contribution < -0.4 is 15.4 Å². The standard InChI is InChI=1S/C19H19N3O3/c1-25-17-9-5-2-6-14(17)11-13-21-19(24)15-7-3-4-8-16(15)22-18(23)10-12-20/h2-9H,10-11,13H2,1H3,(H,21,24)(H,22,23). The largest absolute Gasteiger partial charge is 0.496 e. The number of rotatable bonds is 7. The van der Waals surface area contributed by atoms with E-state index in [0.29, 0.717) is 24.2 Å². The van der Waals surface area contributed by atoms with Gasteiger partial charge in [-0.1, -0.05) is 30.3 Å². The second-order valence-electron chi connectivity index (χ2n) is 5.25. The summed E-state index contributed by atoms with van der Waals surface area (Å²) in [5.74, 6) is 0.0421. The first-order chi connectivity index (χ1) is 12.2. The van der Waals surface area contributed by atoms with Crippen molar-refractivity contribution in [3.8, 4) is 11.8 Å². The van der Waals surface area contributed by atoms with Crippen molar-refractivity contribution in [2.75, 3.05) is 19.0 Å². The predicted molar refractivity (Wildman–Crippen MR) is 94.3 cm³/mol. The first-order valence-electron chi connectivity index (χ1n) is 7.81. The van der Waals surface area contributed by atoms with E-state index in [-0.39, 0.29) is 12.3 Å². The van der Waals surface area contributed by atoms with Crippen LogP contribution in [0.4, 0.5) is 5.69 Å². The number of nitrogens with one attached hydrogen (secondary N) is 2. The van der Waals surface area contributed by atoms with Crippen LogP contribution in [0.5, 0.6) is 5.75 Å². The second-order valence-corrected chi connectivity index (χ2v) is 5.25. The molecule has 0 aliphatic carbocycles. The average molecular weight is 337 g/mol. The third-order valence-electron chi connectivity index (χ3n) is 3.56. The van der Waals surface area contributed by atoms with Crippen molar-refractivity contribution in [1.29, 1.82) is 5.26 Å². The van der Waals surface area contributed by atoms with Gasteiger partial charge in [0.25, 0.3) is 5.91 Å². The molecule has 6 heteroatoms. The Morgan fingerprint density at radius 3 is 2.60 bits per heavy atom. The van der Waals surface area contributed by atoms with Gasteiger partial charge >= 0.3 is 0 Å². The van der Waals surface area contributed by atoms with Gasteiger partial charge in [0.2, 0.25) is 5.91 Å². The Morgan fingerprint density at radius 1 is 1.12 bits per heavy atom. The van der Waals surface area contributed by atoms with Gasteiger partial charge < -0.3 is 15.4 Å². The monoisotopic (exact) mass is 337 g/mol. The number of amides is 2. The van der Waals surface area contributed by atoms with Gasteiger partial charge in [-0.05, 0) is 30.2 Å². The summed E-state index contributed by atoms with van der Waals surface area (Å²) in [5, 5.41) is 14.0. The van der Waals surface area contributed by atoms with Crippen molar-refractivity contribution in [1.82, 2.24) is 5.32 Å². The number of nitriles is 1. The van der Waals surface area contributed by atoms with Crippen LogP contribution in [-0.4, -0.2) is 25.5 Å². The third-order valence-corrected chi connectivity index (χ3v) is 3.56. The molecular weight excluding hydrogens is 318 g/mol. The van der Waals surface area contributed by atoms with Crippen molar-refractivity contribution in [2.24, 2.45) is 0 Å². The van der Waals surface area contributed by atoms with Crippen LogP contribution in [-0.2, 0) is 11.2 Å². The minimum Gasteiger partial charge on any atom is -0.496 e. The van der Waals surface area contributed by atoms with Crippen LogP contribution in [0.2, 0.25) is 0 Å². The Labute approximate surface area is 146 Å². The third kappa shape index (κ3) is 5.08. The summed E-state index contributed by atoms with van der Waals surface area (Å²) >= 11 is 0. The maximum absolute atomic E-state index is 12.4. The van der Waals surface area contributed by atoms with Crippen LogP contribution in [0.3, 0.4) is 0 Å². The fourth-order valence-corrected chi connectivity index (χ4v) is 2.37. The summed E-state index contributed by atoms with van der Waals surface area (Å²) in [6.45, 7) is 0.430. The molecule has 0 atom stereocenters. The molecule has 0 radical (unpaired) electrons. The Morgan fingerprint density at radius 2 is 1.84 bits per heavy atom. The summed E-state index contributed by atoms with van der Waals surface area (Å²) in [5.41, 5.74) is 1.74. The van der Waals surface area contributed by atoms with E-state index in [9.17, 15) is 9.59 Å². The molecule has 0 aliphatic rings. The molecule has 2 rings (SSSR count). The lowest BCUT2D eigenvalue weighted by Crippen LogP contribution is -2.27. The number of benzene rings is 2. The highest BCUT2D eigenvalue weighted by Crippen LogP contribution is 2.18. The number of hydrogen-bond donors (Lipinski definition) is 2. The summed E-state index contributed by atoms with van der Waals surface area (Å²) in [7, 11) is 1.61. The molecule has 2 amide bonds. The number of ether oxygens (including phenoxy) is 1. The van der Waals surface area contributed by atoms with Crippen molar-refractivity contribution in [3.05, 3.63) is 59.7 Å². The Balaban J connectivity index is 1.99. The van der Waals surface area contributed by atoms with Gasteiger partial charge in [0.05, 0.1) is 24.4 Å². The minimum atomic E-state index is -0.447.